The van der Waals surface area contributed by atoms with E-state index >= 15 is 0 Å². The van der Waals surface area contributed by atoms with Gasteiger partial charge in [-0.1, -0.05) is 24.3 Å². The number of nitrogens with two attached hydrogens (primary N) is 1. The van der Waals surface area contributed by atoms with Crippen LogP contribution in [0.4, 0.5) is 5.69 Å². The maximum Gasteiger partial charge on any atom is 0.106 e. The van der Waals surface area contributed by atoms with E-state index in [9.17, 15) is 0 Å². The van der Waals surface area contributed by atoms with Gasteiger partial charge in [0.25, 0.3) is 0 Å². The third kappa shape index (κ3) is 3.80. The van der Waals surface area contributed by atoms with Gasteiger partial charge in [0.2, 0.25) is 0 Å². The Morgan fingerprint density at radius 2 is 2.12 bits per heavy atom. The lowest BCUT2D eigenvalue weighted by atomic mass is 9.84. The zero-order valence-electron chi connectivity index (χ0n) is 20.4. The second kappa shape index (κ2) is 9.11. The van der Waals surface area contributed by atoms with Crippen LogP contribution in [0.25, 0.3) is 6.08 Å². The number of rotatable bonds is 6. The summed E-state index contributed by atoms with van der Waals surface area (Å²) in [5, 5.41) is 14.5. The third-order valence-corrected chi connectivity index (χ3v) is 7.47. The summed E-state index contributed by atoms with van der Waals surface area (Å²) >= 11 is 0. The van der Waals surface area contributed by atoms with Gasteiger partial charge in [0.1, 0.15) is 5.82 Å². The molecule has 182 valence electrons. The quantitative estimate of drug-likeness (QED) is 0.284. The molecule has 0 saturated carbocycles. The summed E-state index contributed by atoms with van der Waals surface area (Å²) in [6.07, 6.45) is 9.37. The molecular weight excluding hydrogens is 428 g/mol. The number of nitrogens with one attached hydrogen (secondary N) is 5. The first-order valence-corrected chi connectivity index (χ1v) is 12.0. The highest BCUT2D eigenvalue weighted by molar-refractivity contribution is 5.74. The molecule has 0 aromatic carbocycles. The van der Waals surface area contributed by atoms with Crippen LogP contribution in [-0.2, 0) is 9.57 Å². The van der Waals surface area contributed by atoms with Gasteiger partial charge >= 0.3 is 0 Å². The number of methoxy groups -OCH3 is 1. The van der Waals surface area contributed by atoms with Crippen LogP contribution in [0.2, 0.25) is 0 Å². The molecule has 7 N–H and O–H groups in total. The Bertz CT molecular complexity index is 1110. The van der Waals surface area contributed by atoms with E-state index in [-0.39, 0.29) is 30.1 Å². The standard InChI is InChI=1S/C26H36N6O2/c1-13(2)21(15(4)34-27)16-9-17(33-5)11-18-20(10-16)32-26-23(18)25(29-12-30-26)22-14(3)31-19-7-6-8-28-24(19)22/h6-7,9-10,15,17-18,21,25,28-32H,1,8,11-12,27H2,2-5H3/t15-,17+,18+,21?,25+/m0/s1. The highest BCUT2D eigenvalue weighted by Gasteiger charge is 2.42. The molecule has 0 saturated heterocycles. The van der Waals surface area contributed by atoms with Crippen molar-refractivity contribution in [3.63, 3.8) is 0 Å². The SMILES string of the molecule is C=C(C)C(C1=C[C@@H](OC)C[C@@H]2C(=C1)NC1=C2[C@@H](c2c(C)[nH]c3c2NCC=C3)NCN1)[C@H](C)ON. The molecule has 8 heteroatoms. The normalized spacial score (nSPS) is 27.1. The Morgan fingerprint density at radius 1 is 1.29 bits per heavy atom. The zero-order chi connectivity index (χ0) is 24.0. The fraction of sp³-hybridized carbons (Fsp3) is 0.462. The molecule has 0 bridgehead atoms. The van der Waals surface area contributed by atoms with Crippen LogP contribution in [0, 0.1) is 18.8 Å². The van der Waals surface area contributed by atoms with Gasteiger partial charge in [0.05, 0.1) is 36.3 Å². The summed E-state index contributed by atoms with van der Waals surface area (Å²) in [5.41, 5.74) is 9.42. The van der Waals surface area contributed by atoms with Gasteiger partial charge in [0.15, 0.2) is 0 Å². The molecule has 0 spiro atoms. The van der Waals surface area contributed by atoms with E-state index in [2.05, 4.69) is 64.1 Å². The molecule has 3 aliphatic heterocycles. The second-order valence-electron chi connectivity index (χ2n) is 9.68. The van der Waals surface area contributed by atoms with Crippen LogP contribution in [0.1, 0.15) is 43.3 Å². The molecule has 34 heavy (non-hydrogen) atoms. The monoisotopic (exact) mass is 464 g/mol. The lowest BCUT2D eigenvalue weighted by Crippen LogP contribution is -2.41. The molecule has 1 unspecified atom stereocenters. The van der Waals surface area contributed by atoms with Gasteiger partial charge in [-0.25, -0.2) is 5.90 Å². The minimum absolute atomic E-state index is 0.0230. The van der Waals surface area contributed by atoms with Gasteiger partial charge in [0, 0.05) is 48.0 Å². The average Bonchev–Trinajstić information content (AvgIpc) is 3.28. The fourth-order valence-corrected chi connectivity index (χ4v) is 5.95. The molecular formula is C26H36N6O2. The van der Waals surface area contributed by atoms with Gasteiger partial charge in [-0.15, -0.1) is 0 Å². The topological polar surface area (TPSA) is 108 Å². The molecule has 0 amide bonds. The summed E-state index contributed by atoms with van der Waals surface area (Å²) < 4.78 is 5.94. The van der Waals surface area contributed by atoms with Crippen molar-refractivity contribution in [1.29, 1.82) is 0 Å². The van der Waals surface area contributed by atoms with Crippen LogP contribution < -0.4 is 27.2 Å². The van der Waals surface area contributed by atoms with Crippen molar-refractivity contribution in [1.82, 2.24) is 20.9 Å². The number of hydrogen-bond donors (Lipinski definition) is 6. The van der Waals surface area contributed by atoms with Gasteiger partial charge < -0.3 is 30.5 Å². The summed E-state index contributed by atoms with van der Waals surface area (Å²) in [5.74, 6) is 6.84. The van der Waals surface area contributed by atoms with Crippen molar-refractivity contribution in [2.24, 2.45) is 17.7 Å². The number of aromatic amines is 1. The first kappa shape index (κ1) is 23.0. The third-order valence-electron chi connectivity index (χ3n) is 7.47. The smallest absolute Gasteiger partial charge is 0.106 e. The van der Waals surface area contributed by atoms with E-state index in [0.29, 0.717) is 6.67 Å². The van der Waals surface area contributed by atoms with Crippen LogP contribution in [0.5, 0.6) is 0 Å². The molecule has 8 nitrogen and oxygen atoms in total. The molecule has 1 aromatic heterocycles. The van der Waals surface area contributed by atoms with Gasteiger partial charge in [-0.3, -0.25) is 5.32 Å². The van der Waals surface area contributed by atoms with E-state index < -0.39 is 0 Å². The number of aryl methyl sites for hydroxylation is 1. The Hall–Kier alpha value is -2.78. The number of fused-ring (bicyclic) bond motifs is 3. The second-order valence-corrected chi connectivity index (χ2v) is 9.68. The van der Waals surface area contributed by atoms with Gasteiger partial charge in [-0.05, 0) is 44.9 Å². The fourth-order valence-electron chi connectivity index (χ4n) is 5.95. The molecule has 1 aliphatic carbocycles. The highest BCUT2D eigenvalue weighted by Crippen LogP contribution is 2.47. The van der Waals surface area contributed by atoms with Crippen LogP contribution in [-0.4, -0.2) is 37.5 Å². The van der Waals surface area contributed by atoms with Crippen molar-refractivity contribution >= 4 is 11.8 Å². The molecule has 0 fully saturated rings. The summed E-state index contributed by atoms with van der Waals surface area (Å²) in [6, 6.07) is 0.0842. The van der Waals surface area contributed by atoms with Crippen LogP contribution in [0.3, 0.4) is 0 Å². The van der Waals surface area contributed by atoms with Crippen molar-refractivity contribution in [3.8, 4) is 0 Å². The minimum Gasteiger partial charge on any atom is -0.380 e. The van der Waals surface area contributed by atoms with E-state index in [0.717, 1.165) is 35.6 Å². The first-order valence-electron chi connectivity index (χ1n) is 12.0. The summed E-state index contributed by atoms with van der Waals surface area (Å²) in [7, 11) is 1.78. The predicted molar refractivity (Wildman–Crippen MR) is 135 cm³/mol. The van der Waals surface area contributed by atoms with Crippen LogP contribution in [0.15, 0.2) is 53.0 Å². The molecule has 4 heterocycles. The molecule has 5 rings (SSSR count). The van der Waals surface area contributed by atoms with E-state index in [1.165, 1.54) is 28.2 Å². The molecule has 1 aromatic rings. The van der Waals surface area contributed by atoms with E-state index in [1.54, 1.807) is 7.11 Å². The van der Waals surface area contributed by atoms with Crippen molar-refractivity contribution < 1.29 is 9.57 Å². The number of anilines is 1. The van der Waals surface area contributed by atoms with Crippen molar-refractivity contribution in [2.45, 2.75) is 45.4 Å². The van der Waals surface area contributed by atoms with Gasteiger partial charge in [-0.2, -0.15) is 0 Å². The predicted octanol–water partition coefficient (Wildman–Crippen LogP) is 3.08. The lowest BCUT2D eigenvalue weighted by molar-refractivity contribution is 0.0447. The lowest BCUT2D eigenvalue weighted by Gasteiger charge is -2.31. The van der Waals surface area contributed by atoms with E-state index in [1.807, 2.05) is 13.8 Å². The maximum absolute atomic E-state index is 5.94. The minimum atomic E-state index is -0.195. The van der Waals surface area contributed by atoms with Crippen molar-refractivity contribution in [3.05, 3.63) is 70.0 Å². The summed E-state index contributed by atoms with van der Waals surface area (Å²) in [6.45, 7) is 11.9. The van der Waals surface area contributed by atoms with Crippen molar-refractivity contribution in [2.75, 3.05) is 25.6 Å². The Balaban J connectivity index is 1.55. The summed E-state index contributed by atoms with van der Waals surface area (Å²) in [4.78, 5) is 8.80. The Morgan fingerprint density at radius 3 is 2.85 bits per heavy atom. The maximum atomic E-state index is 5.94. The molecule has 0 radical (unpaired) electrons. The number of aromatic nitrogens is 1. The average molecular weight is 465 g/mol. The largest absolute Gasteiger partial charge is 0.380 e. The number of ether oxygens (including phenoxy) is 1. The molecule has 4 aliphatic rings. The Labute approximate surface area is 201 Å². The number of H-pyrrole nitrogens is 1. The molecule has 5 atom stereocenters. The number of hydrogen-bond acceptors (Lipinski definition) is 7. The highest BCUT2D eigenvalue weighted by atomic mass is 16.6. The van der Waals surface area contributed by atoms with Crippen LogP contribution >= 0.6 is 0 Å². The van der Waals surface area contributed by atoms with E-state index in [4.69, 9.17) is 15.5 Å². The zero-order valence-corrected chi connectivity index (χ0v) is 20.4. The first-order chi connectivity index (χ1) is 16.4. The Kier molecular flexibility index (Phi) is 6.16. The number of allylic oxidation sites excluding steroid dienone is 2.